The molecule has 0 fully saturated rings. The molecule has 3 atom stereocenters. The van der Waals surface area contributed by atoms with E-state index in [0.717, 1.165) is 77.0 Å². The lowest BCUT2D eigenvalue weighted by molar-refractivity contribution is -0.870. The van der Waals surface area contributed by atoms with E-state index in [1.165, 1.54) is 244 Å². The molecule has 478 valence electrons. The summed E-state index contributed by atoms with van der Waals surface area (Å²) < 4.78 is 30.4. The number of allylic oxidation sites excluding steroid dienone is 5. The highest BCUT2D eigenvalue weighted by atomic mass is 31.2. The Morgan fingerprint density at radius 2 is 0.753 bits per heavy atom. The maximum absolute atomic E-state index is 13.6. The van der Waals surface area contributed by atoms with Gasteiger partial charge < -0.3 is 28.5 Å². The van der Waals surface area contributed by atoms with Crippen LogP contribution in [-0.4, -0.2) is 69.4 Å². The van der Waals surface area contributed by atoms with Crippen molar-refractivity contribution in [2.75, 3.05) is 40.9 Å². The van der Waals surface area contributed by atoms with E-state index in [1.807, 2.05) is 33.3 Å². The molecule has 1 amide bonds. The molecule has 0 aromatic heterocycles. The standard InChI is InChI=1S/C71H137N2O7P/c1-7-10-13-16-19-22-25-27-29-31-33-34-35-36-37-38-40-42-44-46-49-52-55-58-61-64-71(75)80-69(62-59-56-53-50-47-24-21-18-15-12-9-3)68(67-79-81(76,77)78-66-65-73(4,5)6)72-70(74)63-60-57-54-51-48-45-43-41-39-32-30-28-26-23-20-17-14-11-8-2/h20,23,28,30,59,62,68-69H,7-19,21-22,24-27,29,31-58,60-61,63-67H2,1-6H3,(H-,72,74,76,77)/b23-20-,30-28-,62-59-. The van der Waals surface area contributed by atoms with Crippen LogP contribution in [0.4, 0.5) is 0 Å². The third-order valence-electron chi connectivity index (χ3n) is 16.1. The minimum absolute atomic E-state index is 0.0207. The predicted molar refractivity (Wildman–Crippen MR) is 349 cm³/mol. The van der Waals surface area contributed by atoms with Gasteiger partial charge in [0.2, 0.25) is 5.91 Å². The Labute approximate surface area is 504 Å². The van der Waals surface area contributed by atoms with Crippen molar-refractivity contribution < 1.29 is 37.3 Å². The fraction of sp³-hybridized carbons (Fsp3) is 0.887. The van der Waals surface area contributed by atoms with Gasteiger partial charge in [0, 0.05) is 12.8 Å². The first-order valence-electron chi connectivity index (χ1n) is 35.3. The number of carbonyl (C=O) groups excluding carboxylic acids is 2. The second-order valence-corrected chi connectivity index (χ2v) is 26.8. The van der Waals surface area contributed by atoms with Crippen LogP contribution < -0.4 is 10.2 Å². The van der Waals surface area contributed by atoms with E-state index in [0.29, 0.717) is 17.4 Å². The van der Waals surface area contributed by atoms with Crippen molar-refractivity contribution in [2.24, 2.45) is 0 Å². The summed E-state index contributed by atoms with van der Waals surface area (Å²) in [5.41, 5.74) is 0. The molecule has 3 unspecified atom stereocenters. The molecule has 0 rings (SSSR count). The second kappa shape index (κ2) is 61.3. The van der Waals surface area contributed by atoms with Crippen molar-refractivity contribution in [1.82, 2.24) is 5.32 Å². The van der Waals surface area contributed by atoms with Gasteiger partial charge in [0.05, 0.1) is 33.8 Å². The molecule has 0 aromatic carbocycles. The molecule has 0 aliphatic heterocycles. The summed E-state index contributed by atoms with van der Waals surface area (Å²) in [6.45, 7) is 6.87. The zero-order chi connectivity index (χ0) is 59.3. The van der Waals surface area contributed by atoms with Gasteiger partial charge >= 0.3 is 5.97 Å². The molecule has 0 radical (unpaired) electrons. The van der Waals surface area contributed by atoms with E-state index in [1.54, 1.807) is 0 Å². The maximum atomic E-state index is 13.6. The van der Waals surface area contributed by atoms with Crippen molar-refractivity contribution in [1.29, 1.82) is 0 Å². The lowest BCUT2D eigenvalue weighted by Crippen LogP contribution is -2.47. The fourth-order valence-corrected chi connectivity index (χ4v) is 11.3. The van der Waals surface area contributed by atoms with Crippen molar-refractivity contribution in [3.8, 4) is 0 Å². The van der Waals surface area contributed by atoms with E-state index in [2.05, 4.69) is 50.4 Å². The highest BCUT2D eigenvalue weighted by Crippen LogP contribution is 2.38. The third kappa shape index (κ3) is 62.6. The SMILES string of the molecule is CCCCC/C=C\C/C=C\CCCCCCCCCCCC(=O)NC(COP(=O)([O-])OCC[N+](C)(C)C)C(/C=C\CCCCCCCCCCC)OC(=O)CCCCCCCCCCCCCCCCCCCCCCCCCCC. The summed E-state index contributed by atoms with van der Waals surface area (Å²) in [6.07, 6.45) is 75.6. The van der Waals surface area contributed by atoms with Crippen molar-refractivity contribution in [3.63, 3.8) is 0 Å². The number of nitrogens with one attached hydrogen (secondary N) is 1. The number of phosphoric acid groups is 1. The molecule has 0 aliphatic carbocycles. The lowest BCUT2D eigenvalue weighted by Gasteiger charge is -2.30. The number of quaternary nitrogens is 1. The average Bonchev–Trinajstić information content (AvgIpc) is 3.43. The molecular formula is C71H137N2O7P. The van der Waals surface area contributed by atoms with Gasteiger partial charge in [-0.05, 0) is 63.9 Å². The largest absolute Gasteiger partial charge is 0.756 e. The number of hydrogen-bond donors (Lipinski definition) is 1. The number of carbonyl (C=O) groups is 2. The summed E-state index contributed by atoms with van der Waals surface area (Å²) in [5, 5.41) is 3.04. The van der Waals surface area contributed by atoms with Crippen LogP contribution in [0.15, 0.2) is 36.5 Å². The number of rotatable bonds is 65. The monoisotopic (exact) mass is 1160 g/mol. The van der Waals surface area contributed by atoms with Crippen molar-refractivity contribution in [3.05, 3.63) is 36.5 Å². The molecule has 0 aromatic rings. The zero-order valence-corrected chi connectivity index (χ0v) is 55.7. The van der Waals surface area contributed by atoms with Gasteiger partial charge in [0.1, 0.15) is 19.3 Å². The third-order valence-corrected chi connectivity index (χ3v) is 17.0. The minimum atomic E-state index is -4.70. The molecule has 81 heavy (non-hydrogen) atoms. The van der Waals surface area contributed by atoms with Crippen LogP contribution in [0.2, 0.25) is 0 Å². The molecule has 0 spiro atoms. The summed E-state index contributed by atoms with van der Waals surface area (Å²) in [6, 6.07) is -0.887. The minimum Gasteiger partial charge on any atom is -0.756 e. The van der Waals surface area contributed by atoms with E-state index >= 15 is 0 Å². The summed E-state index contributed by atoms with van der Waals surface area (Å²) in [5.74, 6) is -0.528. The van der Waals surface area contributed by atoms with Crippen LogP contribution in [0.25, 0.3) is 0 Å². The Hall–Kier alpha value is -1.77. The van der Waals surface area contributed by atoms with Crippen LogP contribution in [0.5, 0.6) is 0 Å². The number of ether oxygens (including phenoxy) is 1. The molecule has 0 aliphatic rings. The summed E-state index contributed by atoms with van der Waals surface area (Å²) in [4.78, 5) is 40.1. The van der Waals surface area contributed by atoms with Gasteiger partial charge in [-0.1, -0.05) is 314 Å². The topological polar surface area (TPSA) is 114 Å². The number of unbranched alkanes of at least 4 members (excludes halogenated alkanes) is 45. The van der Waals surface area contributed by atoms with Crippen LogP contribution >= 0.6 is 7.82 Å². The molecule has 0 saturated carbocycles. The van der Waals surface area contributed by atoms with Crippen molar-refractivity contribution in [2.45, 2.75) is 367 Å². The molecular weight excluding hydrogens is 1020 g/mol. The molecule has 0 heterocycles. The first-order valence-corrected chi connectivity index (χ1v) is 36.8. The van der Waals surface area contributed by atoms with E-state index in [4.69, 9.17) is 13.8 Å². The Kier molecular flexibility index (Phi) is 60.0. The van der Waals surface area contributed by atoms with Gasteiger partial charge in [0.25, 0.3) is 7.82 Å². The molecule has 0 bridgehead atoms. The first kappa shape index (κ1) is 79.2. The Morgan fingerprint density at radius 1 is 0.432 bits per heavy atom. The van der Waals surface area contributed by atoms with Crippen LogP contribution in [-0.2, 0) is 27.9 Å². The van der Waals surface area contributed by atoms with Gasteiger partial charge in [0.15, 0.2) is 0 Å². The van der Waals surface area contributed by atoms with Crippen molar-refractivity contribution >= 4 is 19.7 Å². The van der Waals surface area contributed by atoms with E-state index < -0.39 is 20.0 Å². The Bertz CT molecular complexity index is 1480. The predicted octanol–water partition coefficient (Wildman–Crippen LogP) is 21.6. The number of likely N-dealkylation sites (N-methyl/N-ethyl adjacent to an activating group) is 1. The highest BCUT2D eigenvalue weighted by molar-refractivity contribution is 7.45. The smallest absolute Gasteiger partial charge is 0.306 e. The lowest BCUT2D eigenvalue weighted by atomic mass is 10.0. The van der Waals surface area contributed by atoms with E-state index in [9.17, 15) is 19.0 Å². The molecule has 10 heteroatoms. The second-order valence-electron chi connectivity index (χ2n) is 25.4. The Balaban J connectivity index is 4.99. The maximum Gasteiger partial charge on any atom is 0.306 e. The Morgan fingerprint density at radius 3 is 1.14 bits per heavy atom. The van der Waals surface area contributed by atoms with Gasteiger partial charge in [-0.3, -0.25) is 14.2 Å². The normalized spacial score (nSPS) is 13.7. The number of nitrogens with zero attached hydrogens (tertiary/aromatic N) is 1. The number of esters is 1. The highest BCUT2D eigenvalue weighted by Gasteiger charge is 2.27. The quantitative estimate of drug-likeness (QED) is 0.0212. The summed E-state index contributed by atoms with van der Waals surface area (Å²) >= 11 is 0. The van der Waals surface area contributed by atoms with Crippen LogP contribution in [0.1, 0.15) is 355 Å². The zero-order valence-electron chi connectivity index (χ0n) is 54.8. The summed E-state index contributed by atoms with van der Waals surface area (Å²) in [7, 11) is 1.20. The number of phosphoric ester groups is 1. The number of hydrogen-bond acceptors (Lipinski definition) is 7. The van der Waals surface area contributed by atoms with E-state index in [-0.39, 0.29) is 31.5 Å². The van der Waals surface area contributed by atoms with Gasteiger partial charge in [-0.15, -0.1) is 0 Å². The molecule has 0 saturated heterocycles. The first-order chi connectivity index (χ1) is 39.4. The van der Waals surface area contributed by atoms with Gasteiger partial charge in [-0.2, -0.15) is 0 Å². The molecule has 9 nitrogen and oxygen atoms in total. The average molecular weight is 1160 g/mol. The van der Waals surface area contributed by atoms with Crippen LogP contribution in [0.3, 0.4) is 0 Å². The van der Waals surface area contributed by atoms with Gasteiger partial charge in [-0.25, -0.2) is 0 Å². The van der Waals surface area contributed by atoms with Crippen LogP contribution in [0, 0.1) is 0 Å². The fourth-order valence-electron chi connectivity index (χ4n) is 10.6. The molecule has 1 N–H and O–H groups in total. The number of amides is 1.